The maximum Gasteiger partial charge on any atom is 0.240 e. The predicted molar refractivity (Wildman–Crippen MR) is 79.8 cm³/mol. The minimum absolute atomic E-state index is 0.153. The fourth-order valence-corrected chi connectivity index (χ4v) is 2.91. The molecular weight excluding hydrogens is 296 g/mol. The van der Waals surface area contributed by atoms with Crippen LogP contribution in [-0.2, 0) is 23.1 Å². The summed E-state index contributed by atoms with van der Waals surface area (Å²) in [6.45, 7) is 0.536. The Kier molecular flexibility index (Phi) is 4.77. The molecule has 20 heavy (non-hydrogen) atoms. The van der Waals surface area contributed by atoms with E-state index in [2.05, 4.69) is 4.72 Å². The molecule has 0 saturated carbocycles. The molecule has 0 aromatic heterocycles. The van der Waals surface area contributed by atoms with Crippen LogP contribution in [0.25, 0.3) is 0 Å². The topological polar surface area (TPSA) is 72.2 Å². The van der Waals surface area contributed by atoms with Crippen molar-refractivity contribution in [1.29, 1.82) is 0 Å². The van der Waals surface area contributed by atoms with E-state index in [4.69, 9.17) is 17.3 Å². The van der Waals surface area contributed by atoms with Gasteiger partial charge in [-0.1, -0.05) is 41.9 Å². The van der Waals surface area contributed by atoms with Crippen LogP contribution in [0.5, 0.6) is 0 Å². The van der Waals surface area contributed by atoms with Gasteiger partial charge in [0.1, 0.15) is 0 Å². The van der Waals surface area contributed by atoms with E-state index >= 15 is 0 Å². The summed E-state index contributed by atoms with van der Waals surface area (Å²) < 4.78 is 26.8. The first kappa shape index (κ1) is 15.0. The summed E-state index contributed by atoms with van der Waals surface area (Å²) in [7, 11) is -3.55. The summed E-state index contributed by atoms with van der Waals surface area (Å²) >= 11 is 5.99. The standard InChI is InChI=1S/C14H15ClN2O2S/c15-14-4-2-1-3-12(14)10-17-20(18,19)13-7-5-11(9-16)6-8-13/h1-8,17H,9-10,16H2. The number of sulfonamides is 1. The normalized spacial score (nSPS) is 11.5. The number of benzene rings is 2. The summed E-state index contributed by atoms with van der Waals surface area (Å²) in [4.78, 5) is 0.210. The molecule has 0 atom stereocenters. The third kappa shape index (κ3) is 3.58. The van der Waals surface area contributed by atoms with E-state index in [1.807, 2.05) is 6.07 Å². The molecule has 0 aliphatic carbocycles. The summed E-state index contributed by atoms with van der Waals surface area (Å²) in [6, 6.07) is 13.6. The number of nitrogens with one attached hydrogen (secondary N) is 1. The summed E-state index contributed by atoms with van der Waals surface area (Å²) in [6.07, 6.45) is 0. The highest BCUT2D eigenvalue weighted by atomic mass is 35.5. The largest absolute Gasteiger partial charge is 0.326 e. The lowest BCUT2D eigenvalue weighted by atomic mass is 10.2. The van der Waals surface area contributed by atoms with Gasteiger partial charge in [-0.3, -0.25) is 0 Å². The molecule has 2 aromatic rings. The van der Waals surface area contributed by atoms with Crippen molar-refractivity contribution in [2.75, 3.05) is 0 Å². The molecule has 2 aromatic carbocycles. The van der Waals surface area contributed by atoms with Crippen molar-refractivity contribution in [1.82, 2.24) is 4.72 Å². The molecule has 0 aliphatic heterocycles. The maximum atomic E-state index is 12.1. The van der Waals surface area contributed by atoms with E-state index in [0.717, 1.165) is 11.1 Å². The van der Waals surface area contributed by atoms with Gasteiger partial charge in [-0.15, -0.1) is 0 Å². The van der Waals surface area contributed by atoms with E-state index < -0.39 is 10.0 Å². The van der Waals surface area contributed by atoms with E-state index in [0.29, 0.717) is 11.6 Å². The monoisotopic (exact) mass is 310 g/mol. The second-order valence-corrected chi connectivity index (χ2v) is 6.44. The molecule has 0 fully saturated rings. The van der Waals surface area contributed by atoms with Crippen molar-refractivity contribution < 1.29 is 8.42 Å². The molecule has 0 heterocycles. The molecule has 3 N–H and O–H groups in total. The zero-order valence-corrected chi connectivity index (χ0v) is 12.3. The van der Waals surface area contributed by atoms with Crippen molar-refractivity contribution in [2.45, 2.75) is 18.0 Å². The predicted octanol–water partition coefficient (Wildman–Crippen LogP) is 2.28. The number of hydrogen-bond donors (Lipinski definition) is 2. The minimum atomic E-state index is -3.55. The SMILES string of the molecule is NCc1ccc(S(=O)(=O)NCc2ccccc2Cl)cc1. The van der Waals surface area contributed by atoms with Crippen molar-refractivity contribution in [3.8, 4) is 0 Å². The van der Waals surface area contributed by atoms with Crippen LogP contribution < -0.4 is 10.5 Å². The minimum Gasteiger partial charge on any atom is -0.326 e. The van der Waals surface area contributed by atoms with Crippen LogP contribution in [0.3, 0.4) is 0 Å². The van der Waals surface area contributed by atoms with E-state index in [-0.39, 0.29) is 11.4 Å². The average molecular weight is 311 g/mol. The Hall–Kier alpha value is -1.40. The van der Waals surface area contributed by atoms with Gasteiger partial charge in [0, 0.05) is 18.1 Å². The van der Waals surface area contributed by atoms with E-state index in [9.17, 15) is 8.42 Å². The highest BCUT2D eigenvalue weighted by molar-refractivity contribution is 7.89. The molecule has 0 spiro atoms. The molecule has 4 nitrogen and oxygen atoms in total. The van der Waals surface area contributed by atoms with Gasteiger partial charge >= 0.3 is 0 Å². The van der Waals surface area contributed by atoms with Crippen LogP contribution in [-0.4, -0.2) is 8.42 Å². The molecule has 106 valence electrons. The van der Waals surface area contributed by atoms with Gasteiger partial charge < -0.3 is 5.73 Å². The zero-order valence-electron chi connectivity index (χ0n) is 10.7. The van der Waals surface area contributed by atoms with Gasteiger partial charge in [0.2, 0.25) is 10.0 Å². The summed E-state index contributed by atoms with van der Waals surface area (Å²) in [5.74, 6) is 0. The van der Waals surface area contributed by atoms with Crippen molar-refractivity contribution in [3.05, 3.63) is 64.7 Å². The molecule has 0 aliphatic rings. The molecule has 0 radical (unpaired) electrons. The maximum absolute atomic E-state index is 12.1. The van der Waals surface area contributed by atoms with Crippen LogP contribution in [0.1, 0.15) is 11.1 Å². The van der Waals surface area contributed by atoms with Gasteiger partial charge in [0.25, 0.3) is 0 Å². The van der Waals surface area contributed by atoms with Crippen LogP contribution in [0.4, 0.5) is 0 Å². The smallest absolute Gasteiger partial charge is 0.240 e. The lowest BCUT2D eigenvalue weighted by Crippen LogP contribution is -2.23. The molecule has 0 unspecified atom stereocenters. The average Bonchev–Trinajstić information content (AvgIpc) is 2.46. The van der Waals surface area contributed by atoms with Gasteiger partial charge in [0.15, 0.2) is 0 Å². The Morgan fingerprint density at radius 2 is 1.70 bits per heavy atom. The Bertz CT molecular complexity index is 685. The fourth-order valence-electron chi connectivity index (χ4n) is 1.70. The third-order valence-corrected chi connectivity index (χ3v) is 4.67. The Balaban J connectivity index is 2.13. The molecular formula is C14H15ClN2O2S. The summed E-state index contributed by atoms with van der Waals surface area (Å²) in [5.41, 5.74) is 7.10. The fraction of sp³-hybridized carbons (Fsp3) is 0.143. The van der Waals surface area contributed by atoms with Gasteiger partial charge in [0.05, 0.1) is 4.90 Å². The van der Waals surface area contributed by atoms with Gasteiger partial charge in [-0.2, -0.15) is 0 Å². The van der Waals surface area contributed by atoms with Crippen molar-refractivity contribution in [2.24, 2.45) is 5.73 Å². The summed E-state index contributed by atoms with van der Waals surface area (Å²) in [5, 5.41) is 0.536. The lowest BCUT2D eigenvalue weighted by Gasteiger charge is -2.08. The first-order valence-corrected chi connectivity index (χ1v) is 7.91. The zero-order chi connectivity index (χ0) is 14.6. The molecule has 6 heteroatoms. The van der Waals surface area contributed by atoms with Crippen LogP contribution in [0, 0.1) is 0 Å². The first-order chi connectivity index (χ1) is 9.53. The van der Waals surface area contributed by atoms with Crippen LogP contribution >= 0.6 is 11.6 Å². The lowest BCUT2D eigenvalue weighted by molar-refractivity contribution is 0.581. The van der Waals surface area contributed by atoms with Crippen molar-refractivity contribution in [3.63, 3.8) is 0 Å². The van der Waals surface area contributed by atoms with Crippen LogP contribution in [0.2, 0.25) is 5.02 Å². The molecule has 2 rings (SSSR count). The Labute approximate surface area is 123 Å². The number of rotatable bonds is 5. The second kappa shape index (κ2) is 6.37. The van der Waals surface area contributed by atoms with Gasteiger partial charge in [-0.05, 0) is 29.3 Å². The number of halogens is 1. The third-order valence-electron chi connectivity index (χ3n) is 2.88. The molecule has 0 bridgehead atoms. The van der Waals surface area contributed by atoms with E-state index in [1.54, 1.807) is 30.3 Å². The highest BCUT2D eigenvalue weighted by Crippen LogP contribution is 2.16. The van der Waals surface area contributed by atoms with Crippen LogP contribution in [0.15, 0.2) is 53.4 Å². The number of nitrogens with two attached hydrogens (primary N) is 1. The van der Waals surface area contributed by atoms with Crippen molar-refractivity contribution >= 4 is 21.6 Å². The first-order valence-electron chi connectivity index (χ1n) is 6.05. The molecule has 0 saturated heterocycles. The highest BCUT2D eigenvalue weighted by Gasteiger charge is 2.13. The number of hydrogen-bond acceptors (Lipinski definition) is 3. The van der Waals surface area contributed by atoms with E-state index in [1.165, 1.54) is 12.1 Å². The Morgan fingerprint density at radius 3 is 2.30 bits per heavy atom. The second-order valence-electron chi connectivity index (χ2n) is 4.26. The molecule has 0 amide bonds. The Morgan fingerprint density at radius 1 is 1.05 bits per heavy atom. The van der Waals surface area contributed by atoms with Gasteiger partial charge in [-0.25, -0.2) is 13.1 Å². The quantitative estimate of drug-likeness (QED) is 0.890.